The Morgan fingerprint density at radius 3 is 2.70 bits per heavy atom. The van der Waals surface area contributed by atoms with E-state index in [1.807, 2.05) is 30.3 Å². The molecule has 2 aromatic carbocycles. The van der Waals surface area contributed by atoms with E-state index in [0.717, 1.165) is 5.56 Å². The summed E-state index contributed by atoms with van der Waals surface area (Å²) in [5.74, 6) is 1.19. The first-order chi connectivity index (χ1) is 14.6. The Hall–Kier alpha value is -3.65. The summed E-state index contributed by atoms with van der Waals surface area (Å²) in [4.78, 5) is 30.4. The molecule has 154 valence electrons. The van der Waals surface area contributed by atoms with E-state index in [1.54, 1.807) is 25.1 Å². The third-order valence-corrected chi connectivity index (χ3v) is 4.82. The molecule has 1 aliphatic rings. The summed E-state index contributed by atoms with van der Waals surface area (Å²) in [5.41, 5.74) is 1.86. The van der Waals surface area contributed by atoms with Crippen molar-refractivity contribution in [1.29, 1.82) is 0 Å². The molecule has 30 heavy (non-hydrogen) atoms. The highest BCUT2D eigenvalue weighted by atomic mass is 16.7. The number of nitrogens with one attached hydrogen (secondary N) is 1. The quantitative estimate of drug-likeness (QED) is 0.649. The highest BCUT2D eigenvalue weighted by molar-refractivity contribution is 5.91. The largest absolute Gasteiger partial charge is 0.454 e. The van der Waals surface area contributed by atoms with Gasteiger partial charge in [-0.25, -0.2) is 4.98 Å². The zero-order valence-corrected chi connectivity index (χ0v) is 16.4. The number of rotatable bonds is 6. The van der Waals surface area contributed by atoms with Gasteiger partial charge in [-0.1, -0.05) is 30.3 Å². The second-order valence-corrected chi connectivity index (χ2v) is 6.85. The van der Waals surface area contributed by atoms with Crippen LogP contribution < -0.4 is 20.3 Å². The fourth-order valence-electron chi connectivity index (χ4n) is 3.37. The van der Waals surface area contributed by atoms with Gasteiger partial charge in [0, 0.05) is 41.6 Å². The zero-order chi connectivity index (χ0) is 21.1. The highest BCUT2D eigenvalue weighted by Crippen LogP contribution is 2.34. The third-order valence-electron chi connectivity index (χ3n) is 4.82. The van der Waals surface area contributed by atoms with Crippen LogP contribution >= 0.6 is 0 Å². The van der Waals surface area contributed by atoms with Crippen LogP contribution in [0.4, 0.5) is 5.69 Å². The normalized spacial score (nSPS) is 12.1. The summed E-state index contributed by atoms with van der Waals surface area (Å²) >= 11 is 0. The van der Waals surface area contributed by atoms with Crippen molar-refractivity contribution in [3.63, 3.8) is 0 Å². The molecule has 4 rings (SSSR count). The molecule has 0 saturated carbocycles. The summed E-state index contributed by atoms with van der Waals surface area (Å²) < 4.78 is 11.9. The lowest BCUT2D eigenvalue weighted by Crippen LogP contribution is -2.33. The van der Waals surface area contributed by atoms with Crippen LogP contribution in [0.1, 0.15) is 11.3 Å². The summed E-state index contributed by atoms with van der Waals surface area (Å²) in [6.07, 6.45) is 0.177. The number of aliphatic hydroxyl groups is 1. The van der Waals surface area contributed by atoms with Gasteiger partial charge in [-0.15, -0.1) is 0 Å². The van der Waals surface area contributed by atoms with Crippen molar-refractivity contribution in [3.05, 3.63) is 70.1 Å². The number of carbonyl (C=O) groups excluding carboxylic acids is 1. The SMILES string of the molecule is Cc1nc(-c2ccccc2)n(CC(=O)Nc2ccc3c(c2)OCO3)c(=O)c1CCO. The number of fused-ring (bicyclic) bond motifs is 1. The molecule has 8 heteroatoms. The summed E-state index contributed by atoms with van der Waals surface area (Å²) in [5, 5.41) is 12.1. The maximum atomic E-state index is 13.1. The maximum absolute atomic E-state index is 13.1. The molecule has 0 unspecified atom stereocenters. The lowest BCUT2D eigenvalue weighted by molar-refractivity contribution is -0.116. The Labute approximate surface area is 172 Å². The molecule has 2 heterocycles. The first-order valence-corrected chi connectivity index (χ1v) is 9.53. The standard InChI is InChI=1S/C22H21N3O5/c1-14-17(9-10-26)22(28)25(21(23-14)15-5-3-2-4-6-15)12-20(27)24-16-7-8-18-19(11-16)30-13-29-18/h2-8,11,26H,9-10,12-13H2,1H3,(H,24,27). The Bertz CT molecular complexity index is 1140. The van der Waals surface area contributed by atoms with E-state index in [-0.39, 0.29) is 37.8 Å². The monoisotopic (exact) mass is 407 g/mol. The fourth-order valence-corrected chi connectivity index (χ4v) is 3.37. The molecule has 0 atom stereocenters. The molecule has 3 aromatic rings. The number of aryl methyl sites for hydroxylation is 1. The molecule has 0 spiro atoms. The van der Waals surface area contributed by atoms with Gasteiger partial charge in [0.15, 0.2) is 11.5 Å². The van der Waals surface area contributed by atoms with Crippen molar-refractivity contribution in [3.8, 4) is 22.9 Å². The van der Waals surface area contributed by atoms with Gasteiger partial charge in [0.25, 0.3) is 5.56 Å². The predicted octanol–water partition coefficient (Wildman–Crippen LogP) is 2.12. The summed E-state index contributed by atoms with van der Waals surface area (Å²) in [6, 6.07) is 14.3. The van der Waals surface area contributed by atoms with Crippen LogP contribution in [0.3, 0.4) is 0 Å². The minimum atomic E-state index is -0.381. The molecule has 8 nitrogen and oxygen atoms in total. The minimum absolute atomic E-state index is 0.144. The van der Waals surface area contributed by atoms with Crippen LogP contribution in [0.2, 0.25) is 0 Å². The van der Waals surface area contributed by atoms with Gasteiger partial charge in [-0.2, -0.15) is 0 Å². The van der Waals surface area contributed by atoms with Crippen LogP contribution in [-0.4, -0.2) is 34.0 Å². The van der Waals surface area contributed by atoms with Crippen molar-refractivity contribution >= 4 is 11.6 Å². The summed E-state index contributed by atoms with van der Waals surface area (Å²) in [7, 11) is 0. The van der Waals surface area contributed by atoms with E-state index >= 15 is 0 Å². The third kappa shape index (κ3) is 3.90. The number of ether oxygens (including phenoxy) is 2. The highest BCUT2D eigenvalue weighted by Gasteiger charge is 2.19. The van der Waals surface area contributed by atoms with Crippen LogP contribution in [0.25, 0.3) is 11.4 Å². The minimum Gasteiger partial charge on any atom is -0.454 e. The first kappa shape index (κ1) is 19.7. The number of hydrogen-bond acceptors (Lipinski definition) is 6. The summed E-state index contributed by atoms with van der Waals surface area (Å²) in [6.45, 7) is 1.48. The van der Waals surface area contributed by atoms with E-state index in [9.17, 15) is 14.7 Å². The number of aromatic nitrogens is 2. The van der Waals surface area contributed by atoms with Crippen molar-refractivity contribution in [2.45, 2.75) is 19.9 Å². The van der Waals surface area contributed by atoms with E-state index < -0.39 is 0 Å². The average molecular weight is 407 g/mol. The zero-order valence-electron chi connectivity index (χ0n) is 16.4. The van der Waals surface area contributed by atoms with Gasteiger partial charge >= 0.3 is 0 Å². The molecule has 1 aliphatic heterocycles. The fraction of sp³-hybridized carbons (Fsp3) is 0.227. The molecule has 1 amide bonds. The van der Waals surface area contributed by atoms with Gasteiger partial charge in [0.2, 0.25) is 12.7 Å². The Kier molecular flexibility index (Phi) is 5.49. The number of anilines is 1. The van der Waals surface area contributed by atoms with E-state index in [0.29, 0.717) is 34.3 Å². The van der Waals surface area contributed by atoms with Gasteiger partial charge < -0.3 is 19.9 Å². The Balaban J connectivity index is 1.67. The van der Waals surface area contributed by atoms with Crippen LogP contribution in [0.5, 0.6) is 11.5 Å². The second-order valence-electron chi connectivity index (χ2n) is 6.85. The number of nitrogens with zero attached hydrogens (tertiary/aromatic N) is 2. The molecular formula is C22H21N3O5. The molecule has 0 fully saturated rings. The molecule has 0 saturated heterocycles. The van der Waals surface area contributed by atoms with Gasteiger partial charge in [-0.05, 0) is 19.1 Å². The number of hydrogen-bond donors (Lipinski definition) is 2. The van der Waals surface area contributed by atoms with Crippen LogP contribution in [0, 0.1) is 6.92 Å². The van der Waals surface area contributed by atoms with Crippen LogP contribution in [-0.2, 0) is 17.8 Å². The Morgan fingerprint density at radius 1 is 1.17 bits per heavy atom. The van der Waals surface area contributed by atoms with E-state index in [4.69, 9.17) is 9.47 Å². The second kappa shape index (κ2) is 8.38. The predicted molar refractivity (Wildman–Crippen MR) is 111 cm³/mol. The van der Waals surface area contributed by atoms with Crippen LogP contribution in [0.15, 0.2) is 53.3 Å². The van der Waals surface area contributed by atoms with Gasteiger partial charge in [-0.3, -0.25) is 14.2 Å². The maximum Gasteiger partial charge on any atom is 0.257 e. The van der Waals surface area contributed by atoms with Crippen molar-refractivity contribution < 1.29 is 19.4 Å². The van der Waals surface area contributed by atoms with E-state index in [2.05, 4.69) is 10.3 Å². The van der Waals surface area contributed by atoms with Gasteiger partial charge in [0.1, 0.15) is 12.4 Å². The molecule has 0 aliphatic carbocycles. The molecule has 0 radical (unpaired) electrons. The molecule has 0 bridgehead atoms. The lowest BCUT2D eigenvalue weighted by Gasteiger charge is -2.16. The number of aliphatic hydroxyl groups excluding tert-OH is 1. The van der Waals surface area contributed by atoms with Gasteiger partial charge in [0.05, 0.1) is 0 Å². The van der Waals surface area contributed by atoms with Crippen molar-refractivity contribution in [2.24, 2.45) is 0 Å². The first-order valence-electron chi connectivity index (χ1n) is 9.53. The molecule has 2 N–H and O–H groups in total. The van der Waals surface area contributed by atoms with Crippen molar-refractivity contribution in [1.82, 2.24) is 9.55 Å². The lowest BCUT2D eigenvalue weighted by atomic mass is 10.1. The van der Waals surface area contributed by atoms with Crippen molar-refractivity contribution in [2.75, 3.05) is 18.7 Å². The average Bonchev–Trinajstić information content (AvgIpc) is 3.21. The number of benzene rings is 2. The molecular weight excluding hydrogens is 386 g/mol. The number of amides is 1. The van der Waals surface area contributed by atoms with E-state index in [1.165, 1.54) is 4.57 Å². The number of carbonyl (C=O) groups is 1. The topological polar surface area (TPSA) is 103 Å². The smallest absolute Gasteiger partial charge is 0.257 e. The molecule has 1 aromatic heterocycles. The Morgan fingerprint density at radius 2 is 1.93 bits per heavy atom.